The molecule has 1 atom stereocenters. The van der Waals surface area contributed by atoms with Crippen LogP contribution in [0, 0.1) is 0 Å². The van der Waals surface area contributed by atoms with E-state index in [0.717, 1.165) is 6.54 Å². The average Bonchev–Trinajstić information content (AvgIpc) is 2.12. The van der Waals surface area contributed by atoms with Crippen molar-refractivity contribution in [3.63, 3.8) is 0 Å². The van der Waals surface area contributed by atoms with Crippen LogP contribution in [0.2, 0.25) is 0 Å². The first kappa shape index (κ1) is 22.1. The second kappa shape index (κ2) is 15.9. The maximum atomic E-state index is 9.44. The summed E-state index contributed by atoms with van der Waals surface area (Å²) in [7, 11) is -4.67. The third-order valence-corrected chi connectivity index (χ3v) is 1.58. The molecular weight excluding hydrogens is 274 g/mol. The second-order valence-corrected chi connectivity index (χ2v) is 4.59. The van der Waals surface area contributed by atoms with Crippen molar-refractivity contribution >= 4 is 21.5 Å². The number of rotatable bonds is 5. The van der Waals surface area contributed by atoms with Gasteiger partial charge in [0.15, 0.2) is 0 Å². The number of hydrogen-bond donors (Lipinski definition) is 4. The van der Waals surface area contributed by atoms with E-state index in [1.54, 1.807) is 0 Å². The van der Waals surface area contributed by atoms with Gasteiger partial charge in [-0.2, -0.15) is 8.42 Å². The Hall–Kier alpha value is -0.100. The molecule has 0 aromatic carbocycles. The van der Waals surface area contributed by atoms with Crippen LogP contribution in [0.1, 0.15) is 26.2 Å². The molecule has 1 unspecified atom stereocenters. The van der Waals surface area contributed by atoms with E-state index in [1.807, 2.05) is 0 Å². The Morgan fingerprint density at radius 2 is 1.71 bits per heavy atom. The van der Waals surface area contributed by atoms with Crippen LogP contribution in [0.25, 0.3) is 0 Å². The van der Waals surface area contributed by atoms with Gasteiger partial charge in [0.1, 0.15) is 0 Å². The molecule has 17 heavy (non-hydrogen) atoms. The van der Waals surface area contributed by atoms with Crippen molar-refractivity contribution < 1.29 is 31.4 Å². The molecule has 0 heterocycles. The predicted octanol–water partition coefficient (Wildman–Crippen LogP) is -0.660. The van der Waals surface area contributed by atoms with Crippen LogP contribution in [0.4, 0.5) is 0 Å². The summed E-state index contributed by atoms with van der Waals surface area (Å²) in [6.07, 6.45) is 3.75. The lowest BCUT2D eigenvalue weighted by molar-refractivity contribution is 0.318. The van der Waals surface area contributed by atoms with E-state index < -0.39 is 21.5 Å². The average molecular weight is 294 g/mol. The molecule has 0 aliphatic heterocycles. The van der Waals surface area contributed by atoms with Gasteiger partial charge in [0, 0.05) is 5.75 Å². The lowest BCUT2D eigenvalue weighted by atomic mass is 10.3. The smallest absolute Gasteiger partial charge is 0.394 e. The Kier molecular flexibility index (Phi) is 20.7. The quantitative estimate of drug-likeness (QED) is 0.295. The Bertz CT molecular complexity index is 243. The van der Waals surface area contributed by atoms with Gasteiger partial charge in [0.25, 0.3) is 0 Å². The van der Waals surface area contributed by atoms with Crippen LogP contribution in [0.15, 0.2) is 0 Å². The molecule has 0 rings (SSSR count). The maximum Gasteiger partial charge on any atom is 0.394 e. The first-order chi connectivity index (χ1) is 7.68. The highest BCUT2D eigenvalue weighted by Crippen LogP contribution is 1.88. The normalized spacial score (nSPS) is 11.6. The fraction of sp³-hybridized carbons (Fsp3) is 1.00. The van der Waals surface area contributed by atoms with Crippen molar-refractivity contribution in [2.75, 3.05) is 18.9 Å². The molecule has 10 heteroatoms. The van der Waals surface area contributed by atoms with Crippen LogP contribution in [-0.4, -0.2) is 50.3 Å². The zero-order valence-corrected chi connectivity index (χ0v) is 11.2. The Morgan fingerprint density at radius 3 is 1.76 bits per heavy atom. The minimum absolute atomic E-state index is 0.153. The van der Waals surface area contributed by atoms with E-state index in [0.29, 0.717) is 0 Å². The van der Waals surface area contributed by atoms with E-state index in [-0.39, 0.29) is 12.4 Å². The third kappa shape index (κ3) is 88.3. The van der Waals surface area contributed by atoms with Crippen molar-refractivity contribution in [2.24, 2.45) is 5.73 Å². The molecule has 0 bridgehead atoms. The van der Waals surface area contributed by atoms with Crippen molar-refractivity contribution in [2.45, 2.75) is 26.2 Å². The molecule has 108 valence electrons. The third-order valence-electron chi connectivity index (χ3n) is 1.07. The van der Waals surface area contributed by atoms with Crippen LogP contribution in [0.5, 0.6) is 0 Å². The molecule has 0 aliphatic rings. The summed E-state index contributed by atoms with van der Waals surface area (Å²) >= 11 is -2.07. The molecule has 0 aromatic rings. The minimum atomic E-state index is -4.67. The lowest BCUT2D eigenvalue weighted by Crippen LogP contribution is -1.98. The van der Waals surface area contributed by atoms with Crippen LogP contribution in [0.3, 0.4) is 0 Å². The highest BCUT2D eigenvalue weighted by atomic mass is 32.3. The predicted molar refractivity (Wildman–Crippen MR) is 63.6 cm³/mol. The topological polar surface area (TPSA) is 161 Å². The molecule has 0 radical (unpaired) electrons. The Morgan fingerprint density at radius 1 is 1.29 bits per heavy atom. The van der Waals surface area contributed by atoms with Gasteiger partial charge >= 0.3 is 10.4 Å². The SMILES string of the molecule is CCCCCN.O=S(=O)(O)O.O=S([O-])CCO. The summed E-state index contributed by atoms with van der Waals surface area (Å²) in [6, 6.07) is 0. The van der Waals surface area contributed by atoms with Gasteiger partial charge in [-0.1, -0.05) is 30.8 Å². The fourth-order valence-electron chi connectivity index (χ4n) is 0.469. The zero-order valence-electron chi connectivity index (χ0n) is 9.61. The Balaban J connectivity index is -0.000000174. The summed E-state index contributed by atoms with van der Waals surface area (Å²) in [4.78, 5) is 0. The van der Waals surface area contributed by atoms with Gasteiger partial charge in [0.2, 0.25) is 0 Å². The van der Waals surface area contributed by atoms with E-state index >= 15 is 0 Å². The number of aliphatic hydroxyl groups excluding tert-OH is 1. The first-order valence-electron chi connectivity index (χ1n) is 4.75. The molecule has 0 saturated carbocycles. The van der Waals surface area contributed by atoms with Gasteiger partial charge in [-0.05, 0) is 13.0 Å². The van der Waals surface area contributed by atoms with Crippen molar-refractivity contribution in [1.29, 1.82) is 0 Å². The molecule has 0 fully saturated rings. The van der Waals surface area contributed by atoms with Crippen LogP contribution >= 0.6 is 0 Å². The molecule has 0 aromatic heterocycles. The van der Waals surface area contributed by atoms with E-state index in [1.165, 1.54) is 19.3 Å². The molecule has 0 aliphatic carbocycles. The monoisotopic (exact) mass is 294 g/mol. The highest BCUT2D eigenvalue weighted by Gasteiger charge is 1.84. The lowest BCUT2D eigenvalue weighted by Gasteiger charge is -1.97. The summed E-state index contributed by atoms with van der Waals surface area (Å²) in [5.74, 6) is -0.153. The molecule has 0 saturated heterocycles. The maximum absolute atomic E-state index is 9.44. The van der Waals surface area contributed by atoms with Crippen LogP contribution in [-0.2, 0) is 21.5 Å². The summed E-state index contributed by atoms with van der Waals surface area (Å²) in [6.45, 7) is 2.75. The summed E-state index contributed by atoms with van der Waals surface area (Å²) < 4.78 is 50.5. The van der Waals surface area contributed by atoms with Crippen molar-refractivity contribution in [1.82, 2.24) is 0 Å². The summed E-state index contributed by atoms with van der Waals surface area (Å²) in [5, 5.41) is 7.84. The molecule has 5 N–H and O–H groups in total. The second-order valence-electron chi connectivity index (χ2n) is 2.68. The van der Waals surface area contributed by atoms with Gasteiger partial charge in [-0.25, -0.2) is 0 Å². The number of unbranched alkanes of at least 4 members (excludes halogenated alkanes) is 2. The van der Waals surface area contributed by atoms with Crippen molar-refractivity contribution in [3.05, 3.63) is 0 Å². The van der Waals surface area contributed by atoms with Gasteiger partial charge in [-0.3, -0.25) is 13.3 Å². The minimum Gasteiger partial charge on any atom is -0.772 e. The van der Waals surface area contributed by atoms with Gasteiger partial charge in [-0.15, -0.1) is 0 Å². The molecular formula is C7H20NO7S2-. The molecule has 8 nitrogen and oxygen atoms in total. The number of nitrogens with two attached hydrogens (primary N) is 1. The molecule has 0 spiro atoms. The van der Waals surface area contributed by atoms with E-state index in [4.69, 9.17) is 28.4 Å². The van der Waals surface area contributed by atoms with Crippen molar-refractivity contribution in [3.8, 4) is 0 Å². The fourth-order valence-corrected chi connectivity index (χ4v) is 0.618. The number of hydrogen-bond acceptors (Lipinski definition) is 6. The first-order valence-corrected chi connectivity index (χ1v) is 7.39. The number of aliphatic hydroxyl groups is 1. The highest BCUT2D eigenvalue weighted by molar-refractivity contribution is 7.80. The standard InChI is InChI=1S/C5H13N.C2H6O3S.H2O4S/c1-2-3-4-5-6;3-1-2-6(4)5;1-5(2,3)4/h2-6H2,1H3;3H,1-2H2,(H,4,5);(H2,1,2,3,4)/p-1. The summed E-state index contributed by atoms with van der Waals surface area (Å²) in [5.41, 5.74) is 5.21. The Labute approximate surface area is 104 Å². The molecule has 0 amide bonds. The van der Waals surface area contributed by atoms with Gasteiger partial charge < -0.3 is 15.4 Å². The zero-order chi connectivity index (χ0) is 14.3. The van der Waals surface area contributed by atoms with Gasteiger partial charge in [0.05, 0.1) is 6.61 Å². The van der Waals surface area contributed by atoms with Crippen LogP contribution < -0.4 is 5.73 Å². The largest absolute Gasteiger partial charge is 0.772 e. The van der Waals surface area contributed by atoms with E-state index in [9.17, 15) is 8.76 Å². The van der Waals surface area contributed by atoms with E-state index in [2.05, 4.69) is 6.92 Å².